The Hall–Kier alpha value is -0.300. The fraction of sp³-hybridized carbons (Fsp3) is 0.800. The van der Waals surface area contributed by atoms with Gasteiger partial charge in [-0.25, -0.2) is 0 Å². The van der Waals surface area contributed by atoms with Gasteiger partial charge in [0.05, 0.1) is 11.7 Å². The van der Waals surface area contributed by atoms with Crippen LogP contribution in [0.25, 0.3) is 0 Å². The summed E-state index contributed by atoms with van der Waals surface area (Å²) in [6.45, 7) is 14.2. The van der Waals surface area contributed by atoms with Crippen LogP contribution in [0.1, 0.15) is 34.6 Å². The van der Waals surface area contributed by atoms with E-state index in [4.69, 9.17) is 4.74 Å². The van der Waals surface area contributed by atoms with E-state index in [1.165, 1.54) is 0 Å². The zero-order valence-corrected chi connectivity index (χ0v) is 8.35. The van der Waals surface area contributed by atoms with Gasteiger partial charge in [-0.15, -0.1) is 6.58 Å². The van der Waals surface area contributed by atoms with Crippen LogP contribution in [0.5, 0.6) is 0 Å². The summed E-state index contributed by atoms with van der Waals surface area (Å²) in [5.74, 6) is 0.506. The predicted octanol–water partition coefficient (Wildman–Crippen LogP) is 3.01. The lowest BCUT2D eigenvalue weighted by Gasteiger charge is -2.27. The second-order valence-electron chi connectivity index (χ2n) is 4.17. The molecular weight excluding hydrogens is 136 g/mol. The summed E-state index contributed by atoms with van der Waals surface area (Å²) in [7, 11) is 0. The molecule has 0 aliphatic rings. The van der Waals surface area contributed by atoms with E-state index >= 15 is 0 Å². The molecule has 66 valence electrons. The summed E-state index contributed by atoms with van der Waals surface area (Å²) in [4.78, 5) is 0. The molecule has 1 unspecified atom stereocenters. The molecule has 0 bridgehead atoms. The fourth-order valence-corrected chi connectivity index (χ4v) is 0.865. The van der Waals surface area contributed by atoms with Crippen LogP contribution in [-0.2, 0) is 4.74 Å². The Morgan fingerprint density at radius 3 is 1.82 bits per heavy atom. The van der Waals surface area contributed by atoms with Crippen molar-refractivity contribution in [2.24, 2.45) is 5.92 Å². The molecule has 0 saturated heterocycles. The Morgan fingerprint density at radius 2 is 1.73 bits per heavy atom. The van der Waals surface area contributed by atoms with Crippen LogP contribution in [0.3, 0.4) is 0 Å². The lowest BCUT2D eigenvalue weighted by Crippen LogP contribution is -2.29. The van der Waals surface area contributed by atoms with Crippen LogP contribution in [0.2, 0.25) is 0 Å². The molecule has 0 aromatic heterocycles. The van der Waals surface area contributed by atoms with Crippen molar-refractivity contribution in [2.45, 2.75) is 46.3 Å². The Morgan fingerprint density at radius 1 is 1.27 bits per heavy atom. The van der Waals surface area contributed by atoms with Crippen molar-refractivity contribution in [3.63, 3.8) is 0 Å². The van der Waals surface area contributed by atoms with Gasteiger partial charge in [-0.2, -0.15) is 0 Å². The molecule has 0 aliphatic carbocycles. The van der Waals surface area contributed by atoms with Crippen LogP contribution >= 0.6 is 0 Å². The number of hydrogen-bond donors (Lipinski definition) is 0. The van der Waals surface area contributed by atoms with Crippen molar-refractivity contribution in [3.8, 4) is 0 Å². The SMILES string of the molecule is C=CC(OC(C)(C)C)C(C)C. The van der Waals surface area contributed by atoms with Crippen molar-refractivity contribution < 1.29 is 4.74 Å². The second kappa shape index (κ2) is 3.91. The predicted molar refractivity (Wildman–Crippen MR) is 49.7 cm³/mol. The molecular formula is C10H20O. The molecule has 11 heavy (non-hydrogen) atoms. The van der Waals surface area contributed by atoms with E-state index in [2.05, 4.69) is 41.2 Å². The zero-order valence-electron chi connectivity index (χ0n) is 8.35. The monoisotopic (exact) mass is 156 g/mol. The molecule has 1 nitrogen and oxygen atoms in total. The van der Waals surface area contributed by atoms with Crippen molar-refractivity contribution in [1.29, 1.82) is 0 Å². The highest BCUT2D eigenvalue weighted by Gasteiger charge is 2.18. The number of hydrogen-bond acceptors (Lipinski definition) is 1. The molecule has 0 N–H and O–H groups in total. The average Bonchev–Trinajstić information content (AvgIpc) is 1.80. The van der Waals surface area contributed by atoms with Gasteiger partial charge in [-0.1, -0.05) is 19.9 Å². The van der Waals surface area contributed by atoms with E-state index in [9.17, 15) is 0 Å². The smallest absolute Gasteiger partial charge is 0.0783 e. The highest BCUT2D eigenvalue weighted by Crippen LogP contribution is 2.16. The van der Waals surface area contributed by atoms with Gasteiger partial charge in [0.1, 0.15) is 0 Å². The van der Waals surface area contributed by atoms with E-state index < -0.39 is 0 Å². The molecule has 0 aromatic rings. The first-order valence-electron chi connectivity index (χ1n) is 4.17. The summed E-state index contributed by atoms with van der Waals surface area (Å²) in [6, 6.07) is 0. The maximum Gasteiger partial charge on any atom is 0.0783 e. The minimum absolute atomic E-state index is 0.0663. The lowest BCUT2D eigenvalue weighted by atomic mass is 10.1. The van der Waals surface area contributed by atoms with Gasteiger partial charge in [0.15, 0.2) is 0 Å². The molecule has 0 amide bonds. The maximum atomic E-state index is 5.73. The lowest BCUT2D eigenvalue weighted by molar-refractivity contribution is -0.0558. The summed E-state index contributed by atoms with van der Waals surface area (Å²) >= 11 is 0. The van der Waals surface area contributed by atoms with Crippen LogP contribution in [-0.4, -0.2) is 11.7 Å². The summed E-state index contributed by atoms with van der Waals surface area (Å²) < 4.78 is 5.73. The maximum absolute atomic E-state index is 5.73. The van der Waals surface area contributed by atoms with E-state index in [-0.39, 0.29) is 11.7 Å². The summed E-state index contributed by atoms with van der Waals surface area (Å²) in [6.07, 6.45) is 2.05. The highest BCUT2D eigenvalue weighted by atomic mass is 16.5. The molecule has 0 fully saturated rings. The van der Waals surface area contributed by atoms with Crippen LogP contribution in [0, 0.1) is 5.92 Å². The molecule has 0 heterocycles. The van der Waals surface area contributed by atoms with Crippen LogP contribution < -0.4 is 0 Å². The Kier molecular flexibility index (Phi) is 3.81. The quantitative estimate of drug-likeness (QED) is 0.571. The van der Waals surface area contributed by atoms with Gasteiger partial charge >= 0.3 is 0 Å². The molecule has 1 heteroatoms. The van der Waals surface area contributed by atoms with E-state index in [0.717, 1.165) is 0 Å². The normalized spacial score (nSPS) is 15.1. The zero-order chi connectivity index (χ0) is 9.07. The van der Waals surface area contributed by atoms with Crippen molar-refractivity contribution in [3.05, 3.63) is 12.7 Å². The number of rotatable bonds is 3. The minimum atomic E-state index is -0.0663. The summed E-state index contributed by atoms with van der Waals surface area (Å²) in [5, 5.41) is 0. The molecule has 0 spiro atoms. The third kappa shape index (κ3) is 5.02. The van der Waals surface area contributed by atoms with Gasteiger partial charge in [-0.05, 0) is 26.7 Å². The first-order chi connectivity index (χ1) is 4.87. The topological polar surface area (TPSA) is 9.23 Å². The number of ether oxygens (including phenoxy) is 1. The van der Waals surface area contributed by atoms with Gasteiger partial charge < -0.3 is 4.74 Å². The molecule has 0 aliphatic heterocycles. The highest BCUT2D eigenvalue weighted by molar-refractivity contribution is 4.84. The Balaban J connectivity index is 3.99. The molecule has 0 aromatic carbocycles. The van der Waals surface area contributed by atoms with Gasteiger partial charge in [0.25, 0.3) is 0 Å². The Bertz CT molecular complexity index is 119. The van der Waals surface area contributed by atoms with Gasteiger partial charge in [0.2, 0.25) is 0 Å². The van der Waals surface area contributed by atoms with E-state index in [1.807, 2.05) is 6.08 Å². The van der Waals surface area contributed by atoms with E-state index in [0.29, 0.717) is 5.92 Å². The van der Waals surface area contributed by atoms with Crippen LogP contribution in [0.4, 0.5) is 0 Å². The third-order valence-electron chi connectivity index (χ3n) is 1.38. The second-order valence-corrected chi connectivity index (χ2v) is 4.17. The van der Waals surface area contributed by atoms with Gasteiger partial charge in [0, 0.05) is 0 Å². The van der Waals surface area contributed by atoms with Crippen LogP contribution in [0.15, 0.2) is 12.7 Å². The first-order valence-corrected chi connectivity index (χ1v) is 4.17. The standard InChI is InChI=1S/C10H20O/c1-7-9(8(2)3)11-10(4,5)6/h7-9H,1H2,2-6H3. The van der Waals surface area contributed by atoms with Gasteiger partial charge in [-0.3, -0.25) is 0 Å². The van der Waals surface area contributed by atoms with Crippen molar-refractivity contribution in [1.82, 2.24) is 0 Å². The molecule has 0 rings (SSSR count). The minimum Gasteiger partial charge on any atom is -0.368 e. The third-order valence-corrected chi connectivity index (χ3v) is 1.38. The summed E-state index contributed by atoms with van der Waals surface area (Å²) in [5.41, 5.74) is -0.0663. The molecule has 0 radical (unpaired) electrons. The fourth-order valence-electron chi connectivity index (χ4n) is 0.865. The molecule has 1 atom stereocenters. The van der Waals surface area contributed by atoms with Crippen molar-refractivity contribution in [2.75, 3.05) is 0 Å². The molecule has 0 saturated carbocycles. The first kappa shape index (κ1) is 10.7. The average molecular weight is 156 g/mol. The van der Waals surface area contributed by atoms with E-state index in [1.54, 1.807) is 0 Å². The van der Waals surface area contributed by atoms with Crippen molar-refractivity contribution >= 4 is 0 Å². The Labute approximate surface area is 70.4 Å². The largest absolute Gasteiger partial charge is 0.368 e.